The van der Waals surface area contributed by atoms with Gasteiger partial charge < -0.3 is 14.0 Å². The molecule has 12 rings (SSSR count). The molecule has 0 saturated heterocycles. The highest BCUT2D eigenvalue weighted by atomic mass is 16.4. The second kappa shape index (κ2) is 12.1. The lowest BCUT2D eigenvalue weighted by molar-refractivity contribution is 0.590. The summed E-state index contributed by atoms with van der Waals surface area (Å²) < 4.78 is 14.1. The van der Waals surface area contributed by atoms with Gasteiger partial charge in [0.1, 0.15) is 16.9 Å². The molecule has 0 unspecified atom stereocenters. The predicted molar refractivity (Wildman–Crippen MR) is 233 cm³/mol. The van der Waals surface area contributed by atoms with Gasteiger partial charge in [-0.05, 0) is 98.2 Å². The van der Waals surface area contributed by atoms with Crippen LogP contribution in [0.5, 0.6) is 5.75 Å². The highest BCUT2D eigenvalue weighted by molar-refractivity contribution is 6.88. The monoisotopic (exact) mass is 713 g/mol. The third-order valence-corrected chi connectivity index (χ3v) is 11.6. The van der Waals surface area contributed by atoms with Crippen LogP contribution in [-0.2, 0) is 0 Å². The van der Waals surface area contributed by atoms with Gasteiger partial charge in [-0.1, -0.05) is 146 Å². The third-order valence-electron chi connectivity index (χ3n) is 11.6. The van der Waals surface area contributed by atoms with Crippen molar-refractivity contribution in [3.8, 4) is 50.3 Å². The van der Waals surface area contributed by atoms with Crippen LogP contribution in [0.4, 0.5) is 17.1 Å². The minimum absolute atomic E-state index is 0.351. The number of rotatable bonds is 4. The average Bonchev–Trinajstić information content (AvgIpc) is 3.65. The van der Waals surface area contributed by atoms with Gasteiger partial charge in [0.15, 0.2) is 0 Å². The first-order valence-corrected chi connectivity index (χ1v) is 19.2. The minimum atomic E-state index is -0.351. The second-order valence-corrected chi connectivity index (χ2v) is 14.8. The Morgan fingerprint density at radius 3 is 1.75 bits per heavy atom. The summed E-state index contributed by atoms with van der Waals surface area (Å²) in [6.07, 6.45) is 0. The molecule has 0 aliphatic carbocycles. The lowest BCUT2D eigenvalue weighted by atomic mass is 9.48. The number of hydrogen-bond acceptors (Lipinski definition) is 3. The van der Waals surface area contributed by atoms with E-state index in [2.05, 4.69) is 199 Å². The number of anilines is 3. The quantitative estimate of drug-likeness (QED) is 0.170. The van der Waals surface area contributed by atoms with Gasteiger partial charge in [-0.25, -0.2) is 0 Å². The van der Waals surface area contributed by atoms with E-state index in [0.29, 0.717) is 0 Å². The van der Waals surface area contributed by atoms with Crippen molar-refractivity contribution in [1.82, 2.24) is 0 Å². The van der Waals surface area contributed by atoms with Crippen LogP contribution in [0.25, 0.3) is 77.2 Å². The number of fused-ring (bicyclic) bond motifs is 10. The third kappa shape index (κ3) is 4.66. The zero-order valence-electron chi connectivity index (χ0n) is 30.3. The van der Waals surface area contributed by atoms with Gasteiger partial charge in [0, 0.05) is 33.3 Å². The number of benzene rings is 9. The molecule has 2 aliphatic rings. The highest BCUT2D eigenvalue weighted by Crippen LogP contribution is 2.50. The van der Waals surface area contributed by atoms with Gasteiger partial charge in [0.2, 0.25) is 0 Å². The van der Waals surface area contributed by atoms with Crippen LogP contribution < -0.4 is 20.5 Å². The number of hydrogen-bond donors (Lipinski definition) is 0. The summed E-state index contributed by atoms with van der Waals surface area (Å²) >= 11 is 0. The van der Waals surface area contributed by atoms with Crippen LogP contribution in [0.2, 0.25) is 0 Å². The Labute approximate surface area is 324 Å². The molecule has 0 spiro atoms. The Balaban J connectivity index is 1.23. The fraction of sp³-hybridized carbons (Fsp3) is 0. The average molecular weight is 714 g/mol. The molecule has 260 valence electrons. The van der Waals surface area contributed by atoms with Crippen molar-refractivity contribution in [2.75, 3.05) is 4.90 Å². The van der Waals surface area contributed by atoms with E-state index < -0.39 is 0 Å². The van der Waals surface area contributed by atoms with E-state index in [1.807, 2.05) is 0 Å². The molecule has 0 N–H and O–H groups in total. The molecule has 4 heteroatoms. The van der Waals surface area contributed by atoms with Gasteiger partial charge >= 0.3 is 6.92 Å². The Kier molecular flexibility index (Phi) is 6.72. The lowest BCUT2D eigenvalue weighted by Gasteiger charge is -2.41. The SMILES string of the molecule is c1ccc(-c2cc(-c3ccccc3)cc(N3c4ccc5ccccc5c4B4Oc5ccc(-c6ccccc6)cc5-c5cc6oc7ccccc7c6c3c54)c2)cc1. The molecule has 2 aliphatic heterocycles. The van der Waals surface area contributed by atoms with Crippen LogP contribution in [-0.4, -0.2) is 6.92 Å². The molecule has 0 radical (unpaired) electrons. The predicted octanol–water partition coefficient (Wildman–Crippen LogP) is 12.7. The largest absolute Gasteiger partial charge is 0.551 e. The smallest absolute Gasteiger partial charge is 0.432 e. The van der Waals surface area contributed by atoms with Gasteiger partial charge in [0.05, 0.1) is 11.1 Å². The van der Waals surface area contributed by atoms with Crippen molar-refractivity contribution in [1.29, 1.82) is 0 Å². The van der Waals surface area contributed by atoms with E-state index in [9.17, 15) is 0 Å². The zero-order chi connectivity index (χ0) is 36.7. The first-order valence-electron chi connectivity index (χ1n) is 19.2. The fourth-order valence-corrected chi connectivity index (χ4v) is 9.12. The van der Waals surface area contributed by atoms with Crippen LogP contribution in [0.15, 0.2) is 199 Å². The molecule has 9 aromatic carbocycles. The zero-order valence-corrected chi connectivity index (χ0v) is 30.3. The standard InChI is InChI=1S/C52H32BNO2/c1-4-14-33(15-5-1)37-25-27-47-43(31-37)44-32-48-49(42-22-12-13-23-46(42)55-48)52-51(44)53(56-47)50-41-21-11-10-20-36(41)24-26-45(50)54(52)40-29-38(34-16-6-2-7-17-34)28-39(30-40)35-18-8-3-9-19-35/h1-32H. The summed E-state index contributed by atoms with van der Waals surface area (Å²) in [5.41, 5.74) is 16.4. The maximum Gasteiger partial charge on any atom is 0.432 e. The van der Waals surface area contributed by atoms with Crippen molar-refractivity contribution >= 4 is 67.6 Å². The first kappa shape index (κ1) is 31.1. The number of nitrogens with zero attached hydrogens (tertiary/aromatic N) is 1. The Morgan fingerprint density at radius 2 is 1.04 bits per heavy atom. The molecule has 3 heterocycles. The Hall–Kier alpha value is -7.30. The van der Waals surface area contributed by atoms with Crippen LogP contribution in [0.1, 0.15) is 0 Å². The topological polar surface area (TPSA) is 25.6 Å². The first-order chi connectivity index (χ1) is 27.8. The minimum Gasteiger partial charge on any atom is -0.551 e. The fourth-order valence-electron chi connectivity index (χ4n) is 9.12. The maximum atomic E-state index is 7.32. The van der Waals surface area contributed by atoms with E-state index in [4.69, 9.17) is 9.07 Å². The number of furan rings is 1. The summed E-state index contributed by atoms with van der Waals surface area (Å²) in [6, 6.07) is 69.6. The van der Waals surface area contributed by atoms with Gasteiger partial charge in [-0.3, -0.25) is 0 Å². The van der Waals surface area contributed by atoms with E-state index >= 15 is 0 Å². The molecule has 0 bridgehead atoms. The van der Waals surface area contributed by atoms with Crippen molar-refractivity contribution in [2.24, 2.45) is 0 Å². The van der Waals surface area contributed by atoms with E-state index in [1.165, 1.54) is 27.5 Å². The van der Waals surface area contributed by atoms with Crippen molar-refractivity contribution in [2.45, 2.75) is 0 Å². The summed E-state index contributed by atoms with van der Waals surface area (Å²) in [5, 5.41) is 4.53. The molecule has 1 aromatic heterocycles. The molecule has 0 atom stereocenters. The molecule has 10 aromatic rings. The summed E-state index contributed by atoms with van der Waals surface area (Å²) in [5.74, 6) is 0.869. The molecule has 0 saturated carbocycles. The van der Waals surface area contributed by atoms with Crippen molar-refractivity contribution in [3.63, 3.8) is 0 Å². The van der Waals surface area contributed by atoms with Crippen molar-refractivity contribution in [3.05, 3.63) is 194 Å². The normalized spacial score (nSPS) is 12.7. The Bertz CT molecular complexity index is 3120. The molecular formula is C52H32BNO2. The summed E-state index contributed by atoms with van der Waals surface area (Å²) in [6.45, 7) is -0.351. The summed E-state index contributed by atoms with van der Waals surface area (Å²) in [4.78, 5) is 2.50. The second-order valence-electron chi connectivity index (χ2n) is 14.8. The van der Waals surface area contributed by atoms with Gasteiger partial charge in [-0.15, -0.1) is 0 Å². The molecular weight excluding hydrogens is 681 g/mol. The Morgan fingerprint density at radius 1 is 0.411 bits per heavy atom. The van der Waals surface area contributed by atoms with Crippen molar-refractivity contribution < 1.29 is 9.07 Å². The van der Waals surface area contributed by atoms with Crippen LogP contribution in [0, 0.1) is 0 Å². The maximum absolute atomic E-state index is 7.32. The van der Waals surface area contributed by atoms with E-state index in [-0.39, 0.29) is 6.92 Å². The van der Waals surface area contributed by atoms with Crippen LogP contribution in [0.3, 0.4) is 0 Å². The molecule has 0 amide bonds. The van der Waals surface area contributed by atoms with E-state index in [0.717, 1.165) is 83.5 Å². The number of para-hydroxylation sites is 1. The molecule has 56 heavy (non-hydrogen) atoms. The lowest BCUT2D eigenvalue weighted by Crippen LogP contribution is -2.56. The van der Waals surface area contributed by atoms with E-state index in [1.54, 1.807) is 0 Å². The molecule has 0 fully saturated rings. The molecule has 3 nitrogen and oxygen atoms in total. The van der Waals surface area contributed by atoms with Gasteiger partial charge in [0.25, 0.3) is 0 Å². The summed E-state index contributed by atoms with van der Waals surface area (Å²) in [7, 11) is 0. The highest BCUT2D eigenvalue weighted by Gasteiger charge is 2.45. The van der Waals surface area contributed by atoms with Crippen LogP contribution >= 0.6 is 0 Å². The van der Waals surface area contributed by atoms with Gasteiger partial charge in [-0.2, -0.15) is 0 Å².